The van der Waals surface area contributed by atoms with Crippen molar-refractivity contribution in [3.05, 3.63) is 70.5 Å². The molecule has 6 heteroatoms. The molecular formula is C28H33N3O2S. The second-order valence-corrected chi connectivity index (χ2v) is 10.7. The zero-order valence-corrected chi connectivity index (χ0v) is 20.7. The second-order valence-electron chi connectivity index (χ2n) is 9.58. The maximum absolute atomic E-state index is 13.4. The van der Waals surface area contributed by atoms with Crippen LogP contribution in [-0.2, 0) is 6.54 Å². The summed E-state index contributed by atoms with van der Waals surface area (Å²) in [5.41, 5.74) is 1.00. The lowest BCUT2D eigenvalue weighted by Crippen LogP contribution is -2.57. The molecule has 3 aliphatic heterocycles. The zero-order chi connectivity index (χ0) is 23.5. The molecular weight excluding hydrogens is 442 g/mol. The molecule has 178 valence electrons. The van der Waals surface area contributed by atoms with E-state index in [1.165, 1.54) is 0 Å². The molecule has 2 bridgehead atoms. The highest BCUT2D eigenvalue weighted by molar-refractivity contribution is 7.99. The number of nitrogens with one attached hydrogen (secondary N) is 1. The summed E-state index contributed by atoms with van der Waals surface area (Å²) in [5.74, 6) is 0.302. The number of aromatic nitrogens is 1. The van der Waals surface area contributed by atoms with E-state index in [-0.39, 0.29) is 22.9 Å². The van der Waals surface area contributed by atoms with Crippen molar-refractivity contribution < 1.29 is 4.79 Å². The number of amides is 1. The van der Waals surface area contributed by atoms with Crippen LogP contribution in [0.4, 0.5) is 0 Å². The molecule has 3 aromatic rings. The van der Waals surface area contributed by atoms with Crippen LogP contribution in [0.2, 0.25) is 0 Å². The molecule has 4 heterocycles. The van der Waals surface area contributed by atoms with Gasteiger partial charge in [-0.25, -0.2) is 0 Å². The first-order chi connectivity index (χ1) is 16.6. The molecule has 6 rings (SSSR count). The van der Waals surface area contributed by atoms with E-state index in [2.05, 4.69) is 39.9 Å². The number of hydrogen-bond acceptors (Lipinski definition) is 4. The predicted molar refractivity (Wildman–Crippen MR) is 139 cm³/mol. The lowest BCUT2D eigenvalue weighted by atomic mass is 9.84. The Kier molecular flexibility index (Phi) is 7.07. The van der Waals surface area contributed by atoms with Gasteiger partial charge in [0.25, 0.3) is 5.91 Å². The highest BCUT2D eigenvalue weighted by Gasteiger charge is 2.35. The summed E-state index contributed by atoms with van der Waals surface area (Å²) < 4.78 is 2.12. The Morgan fingerprint density at radius 2 is 1.85 bits per heavy atom. The van der Waals surface area contributed by atoms with Crippen LogP contribution in [0, 0.1) is 5.92 Å². The summed E-state index contributed by atoms with van der Waals surface area (Å²) in [6, 6.07) is 16.4. The summed E-state index contributed by atoms with van der Waals surface area (Å²) in [6.07, 6.45) is 7.32. The normalized spacial score (nSPS) is 21.6. The maximum atomic E-state index is 13.4. The van der Waals surface area contributed by atoms with Gasteiger partial charge < -0.3 is 14.8 Å². The van der Waals surface area contributed by atoms with Crippen molar-refractivity contribution in [1.29, 1.82) is 0 Å². The van der Waals surface area contributed by atoms with E-state index in [1.807, 2.05) is 30.3 Å². The van der Waals surface area contributed by atoms with Crippen LogP contribution in [-0.4, -0.2) is 41.1 Å². The van der Waals surface area contributed by atoms with Gasteiger partial charge in [0, 0.05) is 40.5 Å². The first-order valence-corrected chi connectivity index (χ1v) is 13.4. The maximum Gasteiger partial charge on any atom is 0.257 e. The third-order valence-electron chi connectivity index (χ3n) is 7.25. The Bertz CT molecular complexity index is 1220. The highest BCUT2D eigenvalue weighted by Crippen LogP contribution is 2.30. The van der Waals surface area contributed by atoms with Crippen molar-refractivity contribution in [2.45, 2.75) is 61.4 Å². The molecule has 0 spiro atoms. The summed E-state index contributed by atoms with van der Waals surface area (Å²) in [6.45, 7) is 6.13. The number of unbranched alkanes of at least 4 members (excludes halogenated alkanes) is 2. The van der Waals surface area contributed by atoms with E-state index in [9.17, 15) is 9.59 Å². The monoisotopic (exact) mass is 475 g/mol. The molecule has 1 atom stereocenters. The number of carbonyl (C=O) groups excluding carboxylic acids is 1. The Labute approximate surface area is 205 Å². The first-order valence-electron chi connectivity index (χ1n) is 12.6. The van der Waals surface area contributed by atoms with Gasteiger partial charge in [-0.05, 0) is 68.6 Å². The minimum absolute atomic E-state index is 0.142. The molecule has 5 nitrogen and oxygen atoms in total. The number of carbonyl (C=O) groups is 1. The van der Waals surface area contributed by atoms with Crippen molar-refractivity contribution in [1.82, 2.24) is 14.8 Å². The minimum atomic E-state index is -0.224. The second kappa shape index (κ2) is 10.4. The van der Waals surface area contributed by atoms with E-state index in [0.717, 1.165) is 73.6 Å². The van der Waals surface area contributed by atoms with Gasteiger partial charge in [-0.1, -0.05) is 49.7 Å². The van der Waals surface area contributed by atoms with Gasteiger partial charge in [-0.15, -0.1) is 0 Å². The third-order valence-corrected chi connectivity index (χ3v) is 8.25. The minimum Gasteiger partial charge on any atom is -0.348 e. The van der Waals surface area contributed by atoms with E-state index in [4.69, 9.17) is 0 Å². The zero-order valence-electron chi connectivity index (χ0n) is 19.8. The molecule has 34 heavy (non-hydrogen) atoms. The average molecular weight is 476 g/mol. The third kappa shape index (κ3) is 4.93. The Hall–Kier alpha value is -2.57. The highest BCUT2D eigenvalue weighted by atomic mass is 32.2. The van der Waals surface area contributed by atoms with Crippen LogP contribution in [0.5, 0.6) is 0 Å². The van der Waals surface area contributed by atoms with Crippen LogP contribution < -0.4 is 10.7 Å². The van der Waals surface area contributed by atoms with E-state index < -0.39 is 0 Å². The van der Waals surface area contributed by atoms with Crippen LogP contribution >= 0.6 is 11.8 Å². The number of benzene rings is 2. The van der Waals surface area contributed by atoms with Gasteiger partial charge in [0.2, 0.25) is 5.43 Å². The van der Waals surface area contributed by atoms with Gasteiger partial charge >= 0.3 is 0 Å². The number of fused-ring (bicyclic) bond motifs is 4. The summed E-state index contributed by atoms with van der Waals surface area (Å²) in [5, 5.41) is 3.83. The number of rotatable bonds is 8. The first kappa shape index (κ1) is 23.2. The largest absolute Gasteiger partial charge is 0.348 e. The molecule has 3 saturated heterocycles. The summed E-state index contributed by atoms with van der Waals surface area (Å²) in [7, 11) is 0. The van der Waals surface area contributed by atoms with Crippen molar-refractivity contribution in [2.24, 2.45) is 5.92 Å². The molecule has 1 amide bonds. The number of hydrogen-bond donors (Lipinski definition) is 1. The molecule has 1 unspecified atom stereocenters. The average Bonchev–Trinajstić information content (AvgIpc) is 2.87. The molecule has 3 fully saturated rings. The fraction of sp³-hybridized carbons (Fsp3) is 0.429. The Morgan fingerprint density at radius 1 is 1.06 bits per heavy atom. The summed E-state index contributed by atoms with van der Waals surface area (Å²) >= 11 is 1.69. The van der Waals surface area contributed by atoms with Gasteiger partial charge in [-0.2, -0.15) is 0 Å². The number of nitrogens with zero attached hydrogens (tertiary/aromatic N) is 2. The number of piperidine rings is 3. The number of pyridine rings is 1. The van der Waals surface area contributed by atoms with E-state index in [0.29, 0.717) is 11.3 Å². The van der Waals surface area contributed by atoms with Crippen molar-refractivity contribution in [3.63, 3.8) is 0 Å². The van der Waals surface area contributed by atoms with Crippen LogP contribution in [0.3, 0.4) is 0 Å². The topological polar surface area (TPSA) is 54.3 Å². The van der Waals surface area contributed by atoms with Crippen LogP contribution in [0.15, 0.2) is 69.3 Å². The lowest BCUT2D eigenvalue weighted by Gasteiger charge is -2.44. The van der Waals surface area contributed by atoms with Gasteiger partial charge in [0.1, 0.15) is 5.56 Å². The predicted octanol–water partition coefficient (Wildman–Crippen LogP) is 5.17. The Morgan fingerprint density at radius 3 is 2.56 bits per heavy atom. The van der Waals surface area contributed by atoms with Crippen molar-refractivity contribution in [3.8, 4) is 0 Å². The molecule has 1 N–H and O–H groups in total. The number of aryl methyl sites for hydroxylation is 1. The van der Waals surface area contributed by atoms with Gasteiger partial charge in [0.05, 0.1) is 5.52 Å². The standard InChI is InChI=1S/C28H33N3O2S/c1-2-3-7-14-31-18-24(28(33)29-25-19-30-15-12-20(25)13-16-30)27(32)23-11-10-22(17-26(23)31)34-21-8-5-4-6-9-21/h4-6,8-11,17-18,20,25H,2-3,7,12-16,19H2,1H3,(H,29,33). The SMILES string of the molecule is CCCCCn1cc(C(=O)NC2CN3CCC2CC3)c(=O)c2ccc(Sc3ccccc3)cc21. The molecule has 0 saturated carbocycles. The van der Waals surface area contributed by atoms with Crippen LogP contribution in [0.1, 0.15) is 49.4 Å². The fourth-order valence-electron chi connectivity index (χ4n) is 5.31. The van der Waals surface area contributed by atoms with Gasteiger partial charge in [-0.3, -0.25) is 9.59 Å². The molecule has 2 aromatic carbocycles. The van der Waals surface area contributed by atoms with E-state index >= 15 is 0 Å². The van der Waals surface area contributed by atoms with Gasteiger partial charge in [0.15, 0.2) is 0 Å². The van der Waals surface area contributed by atoms with Crippen LogP contribution in [0.25, 0.3) is 10.9 Å². The summed E-state index contributed by atoms with van der Waals surface area (Å²) in [4.78, 5) is 31.4. The molecule has 0 aliphatic carbocycles. The van der Waals surface area contributed by atoms with E-state index in [1.54, 1.807) is 18.0 Å². The Balaban J connectivity index is 1.47. The molecule has 0 radical (unpaired) electrons. The van der Waals surface area contributed by atoms with Crippen molar-refractivity contribution in [2.75, 3.05) is 19.6 Å². The lowest BCUT2D eigenvalue weighted by molar-refractivity contribution is 0.0619. The fourth-order valence-corrected chi connectivity index (χ4v) is 6.18. The molecule has 3 aliphatic rings. The van der Waals surface area contributed by atoms with Crippen molar-refractivity contribution >= 4 is 28.6 Å². The molecule has 1 aromatic heterocycles. The quantitative estimate of drug-likeness (QED) is 0.457. The smallest absolute Gasteiger partial charge is 0.257 e.